The number of unbranched alkanes of at least 4 members (excludes halogenated alkanes) is 20. The maximum Gasteiger partial charge on any atom is 0.307 e. The summed E-state index contributed by atoms with van der Waals surface area (Å²) >= 11 is 0. The van der Waals surface area contributed by atoms with Gasteiger partial charge in [0.05, 0.1) is 52.1 Å². The quantitative estimate of drug-likeness (QED) is 0.0329. The van der Waals surface area contributed by atoms with E-state index in [1.807, 2.05) is 0 Å². The first-order chi connectivity index (χ1) is 34.7. The molecular formula is C61H119N3O8. The molecule has 0 fully saturated rings. The van der Waals surface area contributed by atoms with Crippen LogP contribution in [-0.2, 0) is 38.1 Å². The number of hydrogen-bond donors (Lipinski definition) is 0. The molecule has 0 aromatic heterocycles. The number of esters is 4. The van der Waals surface area contributed by atoms with Crippen LogP contribution in [0, 0.1) is 23.7 Å². The summed E-state index contributed by atoms with van der Waals surface area (Å²) in [6.07, 6.45) is 34.2. The van der Waals surface area contributed by atoms with Crippen molar-refractivity contribution in [3.63, 3.8) is 0 Å². The number of nitrogens with zero attached hydrogens (tertiary/aromatic N) is 3. The number of rotatable bonds is 54. The normalized spacial score (nSPS) is 11.9. The van der Waals surface area contributed by atoms with Crippen molar-refractivity contribution in [2.24, 2.45) is 23.7 Å². The maximum absolute atomic E-state index is 12.8. The highest BCUT2D eigenvalue weighted by Gasteiger charge is 2.16. The summed E-state index contributed by atoms with van der Waals surface area (Å²) in [6, 6.07) is 0. The largest absolute Gasteiger partial charge is 0.466 e. The Morgan fingerprint density at radius 3 is 0.681 bits per heavy atom. The van der Waals surface area contributed by atoms with Crippen LogP contribution in [0.15, 0.2) is 0 Å². The Hall–Kier alpha value is -2.24. The zero-order valence-corrected chi connectivity index (χ0v) is 49.0. The minimum absolute atomic E-state index is 0.190. The lowest BCUT2D eigenvalue weighted by Crippen LogP contribution is -2.40. The standard InChI is InChI=1S/C61H119N3O8/c1-54(2)34-26-18-10-14-22-30-50-69-58(65)38-42-63(43-39-59(66)70-51-31-23-15-11-19-27-35-55(3)4)48-46-62(9)47-49-64(44-40-60(67)71-52-32-24-16-12-20-28-36-56(5)6)45-41-61(68)72-53-33-25-17-13-21-29-37-57(7)8/h54-57H,10-53H2,1-9H3. The van der Waals surface area contributed by atoms with Crippen LogP contribution >= 0.6 is 0 Å². The van der Waals surface area contributed by atoms with E-state index >= 15 is 0 Å². The second-order valence-electron chi connectivity index (χ2n) is 23.1. The van der Waals surface area contributed by atoms with Gasteiger partial charge in [-0.2, -0.15) is 0 Å². The summed E-state index contributed by atoms with van der Waals surface area (Å²) in [5, 5.41) is 0. The van der Waals surface area contributed by atoms with Crippen LogP contribution in [0.2, 0.25) is 0 Å². The Morgan fingerprint density at radius 1 is 0.278 bits per heavy atom. The molecule has 0 aromatic carbocycles. The molecule has 0 bridgehead atoms. The van der Waals surface area contributed by atoms with Crippen LogP contribution in [0.4, 0.5) is 0 Å². The molecule has 11 heteroatoms. The number of carbonyl (C=O) groups excluding carboxylic acids is 4. The Bertz CT molecular complexity index is 1070. The molecule has 0 rings (SSSR count). The van der Waals surface area contributed by atoms with Gasteiger partial charge in [0.1, 0.15) is 0 Å². The predicted octanol–water partition coefficient (Wildman–Crippen LogP) is 14.8. The fourth-order valence-corrected chi connectivity index (χ4v) is 8.88. The van der Waals surface area contributed by atoms with E-state index in [0.717, 1.165) is 88.1 Å². The van der Waals surface area contributed by atoms with E-state index in [0.29, 0.717) is 65.7 Å². The molecule has 0 aromatic rings. The fourth-order valence-electron chi connectivity index (χ4n) is 8.88. The topological polar surface area (TPSA) is 115 Å². The zero-order chi connectivity index (χ0) is 53.3. The van der Waals surface area contributed by atoms with Gasteiger partial charge in [0.2, 0.25) is 0 Å². The van der Waals surface area contributed by atoms with Gasteiger partial charge in [0, 0.05) is 52.4 Å². The lowest BCUT2D eigenvalue weighted by molar-refractivity contribution is -0.146. The van der Waals surface area contributed by atoms with E-state index in [1.165, 1.54) is 128 Å². The lowest BCUT2D eigenvalue weighted by Gasteiger charge is -2.27. The first kappa shape index (κ1) is 69.8. The Morgan fingerprint density at radius 2 is 0.472 bits per heavy atom. The molecule has 0 saturated carbocycles. The number of carbonyl (C=O) groups is 4. The minimum atomic E-state index is -0.190. The van der Waals surface area contributed by atoms with Crippen LogP contribution in [0.25, 0.3) is 0 Å². The summed E-state index contributed by atoms with van der Waals surface area (Å²) in [7, 11) is 2.07. The van der Waals surface area contributed by atoms with Gasteiger partial charge in [0.15, 0.2) is 0 Å². The van der Waals surface area contributed by atoms with Gasteiger partial charge in [0.25, 0.3) is 0 Å². The Balaban J connectivity index is 5.18. The van der Waals surface area contributed by atoms with Gasteiger partial charge in [-0.15, -0.1) is 0 Å². The van der Waals surface area contributed by atoms with E-state index in [1.54, 1.807) is 0 Å². The highest BCUT2D eigenvalue weighted by atomic mass is 16.5. The van der Waals surface area contributed by atoms with Crippen molar-refractivity contribution < 1.29 is 38.1 Å². The molecule has 0 radical (unpaired) electrons. The van der Waals surface area contributed by atoms with Gasteiger partial charge in [-0.25, -0.2) is 0 Å². The van der Waals surface area contributed by atoms with Crippen molar-refractivity contribution in [1.82, 2.24) is 14.7 Å². The van der Waals surface area contributed by atoms with Gasteiger partial charge < -0.3 is 33.6 Å². The van der Waals surface area contributed by atoms with Gasteiger partial charge >= 0.3 is 23.9 Å². The van der Waals surface area contributed by atoms with Gasteiger partial charge in [-0.1, -0.05) is 209 Å². The summed E-state index contributed by atoms with van der Waals surface area (Å²) in [5.74, 6) is 2.30. The average molecular weight is 1020 g/mol. The first-order valence-corrected chi connectivity index (χ1v) is 30.4. The molecular weight excluding hydrogens is 903 g/mol. The summed E-state index contributed by atoms with van der Waals surface area (Å²) in [4.78, 5) is 58.0. The third kappa shape index (κ3) is 52.6. The lowest BCUT2D eigenvalue weighted by atomic mass is 10.0. The molecule has 426 valence electrons. The van der Waals surface area contributed by atoms with Crippen LogP contribution in [-0.4, -0.2) is 124 Å². The zero-order valence-electron chi connectivity index (χ0n) is 49.0. The van der Waals surface area contributed by atoms with Crippen LogP contribution in [0.1, 0.15) is 261 Å². The predicted molar refractivity (Wildman–Crippen MR) is 301 cm³/mol. The Labute approximate surface area is 445 Å². The first-order valence-electron chi connectivity index (χ1n) is 30.4. The molecule has 0 amide bonds. The second kappa shape index (κ2) is 50.9. The van der Waals surface area contributed by atoms with Crippen LogP contribution < -0.4 is 0 Å². The number of ether oxygens (including phenoxy) is 4. The monoisotopic (exact) mass is 1020 g/mol. The summed E-state index contributed by atoms with van der Waals surface area (Å²) in [6.45, 7) is 24.9. The molecule has 0 N–H and O–H groups in total. The second-order valence-corrected chi connectivity index (χ2v) is 23.1. The molecule has 0 heterocycles. The van der Waals surface area contributed by atoms with E-state index in [9.17, 15) is 19.2 Å². The molecule has 0 saturated heterocycles. The minimum Gasteiger partial charge on any atom is -0.466 e. The summed E-state index contributed by atoms with van der Waals surface area (Å²) in [5.41, 5.74) is 0. The molecule has 0 aliphatic rings. The smallest absolute Gasteiger partial charge is 0.307 e. The van der Waals surface area contributed by atoms with Crippen molar-refractivity contribution in [1.29, 1.82) is 0 Å². The third-order valence-electron chi connectivity index (χ3n) is 13.9. The molecule has 0 aliphatic carbocycles. The molecule has 72 heavy (non-hydrogen) atoms. The maximum atomic E-state index is 12.8. The highest BCUT2D eigenvalue weighted by Crippen LogP contribution is 2.15. The number of likely N-dealkylation sites (N-methyl/N-ethyl adjacent to an activating group) is 1. The van der Waals surface area contributed by atoms with Crippen molar-refractivity contribution in [3.8, 4) is 0 Å². The number of hydrogen-bond acceptors (Lipinski definition) is 11. The van der Waals surface area contributed by atoms with Crippen molar-refractivity contribution in [3.05, 3.63) is 0 Å². The molecule has 0 spiro atoms. The van der Waals surface area contributed by atoms with Crippen molar-refractivity contribution >= 4 is 23.9 Å². The summed E-state index contributed by atoms with van der Waals surface area (Å²) < 4.78 is 22.5. The van der Waals surface area contributed by atoms with Gasteiger partial charge in [-0.05, 0) is 56.4 Å². The van der Waals surface area contributed by atoms with E-state index in [-0.39, 0.29) is 49.6 Å². The molecule has 0 unspecified atom stereocenters. The molecule has 0 aliphatic heterocycles. The third-order valence-corrected chi connectivity index (χ3v) is 13.9. The van der Waals surface area contributed by atoms with Crippen LogP contribution in [0.3, 0.4) is 0 Å². The fraction of sp³-hybridized carbons (Fsp3) is 0.934. The van der Waals surface area contributed by atoms with Crippen molar-refractivity contribution in [2.45, 2.75) is 261 Å². The molecule has 11 nitrogen and oxygen atoms in total. The Kier molecular flexibility index (Phi) is 49.3. The SMILES string of the molecule is CC(C)CCCCCCCCOC(=O)CCN(CCC(=O)OCCCCCCCCC(C)C)CCN(C)CCN(CCC(=O)OCCCCCCCCC(C)C)CCC(=O)OCCCCCCCCC(C)C. The molecule has 0 atom stereocenters. The van der Waals surface area contributed by atoms with E-state index in [2.05, 4.69) is 77.1 Å². The van der Waals surface area contributed by atoms with Gasteiger partial charge in [-0.3, -0.25) is 19.2 Å². The van der Waals surface area contributed by atoms with Crippen molar-refractivity contribution in [2.75, 3.05) is 85.8 Å². The highest BCUT2D eigenvalue weighted by molar-refractivity contribution is 5.71. The van der Waals surface area contributed by atoms with E-state index < -0.39 is 0 Å². The average Bonchev–Trinajstić information content (AvgIpc) is 3.33. The van der Waals surface area contributed by atoms with E-state index in [4.69, 9.17) is 18.9 Å². The van der Waals surface area contributed by atoms with Crippen LogP contribution in [0.5, 0.6) is 0 Å².